The Kier molecular flexibility index (Phi) is 2.37. The number of nitrogens with one attached hydrogen (secondary N) is 1. The summed E-state index contributed by atoms with van der Waals surface area (Å²) in [6.07, 6.45) is 0. The maximum absolute atomic E-state index is 12.0. The van der Waals surface area contributed by atoms with Gasteiger partial charge >= 0.3 is 0 Å². The van der Waals surface area contributed by atoms with Crippen LogP contribution in [-0.2, 0) is 4.79 Å². The van der Waals surface area contributed by atoms with E-state index in [4.69, 9.17) is 11.6 Å². The Labute approximate surface area is 104 Å². The molecule has 1 heterocycles. The van der Waals surface area contributed by atoms with Gasteiger partial charge in [-0.25, -0.2) is 0 Å². The van der Waals surface area contributed by atoms with Gasteiger partial charge in [0, 0.05) is 10.7 Å². The fraction of sp³-hybridized carbons (Fsp3) is 0.0714. The number of rotatable bonds is 1. The van der Waals surface area contributed by atoms with E-state index in [9.17, 15) is 4.79 Å². The standard InChI is InChI=1S/C14H10ClNO/c15-10-6-7-12-11(8-10)13(14(17)16-12)9-4-2-1-3-5-9/h1-8,13H,(H,16,17)/t13-/m0/s1. The highest BCUT2D eigenvalue weighted by Crippen LogP contribution is 2.38. The number of amides is 1. The van der Waals surface area contributed by atoms with E-state index in [1.165, 1.54) is 0 Å². The summed E-state index contributed by atoms with van der Waals surface area (Å²) in [4.78, 5) is 12.0. The number of carbonyl (C=O) groups is 1. The SMILES string of the molecule is O=C1Nc2ccc(Cl)cc2[C@@H]1c1ccccc1. The van der Waals surface area contributed by atoms with Crippen LogP contribution < -0.4 is 5.32 Å². The minimum absolute atomic E-state index is 0.00784. The number of anilines is 1. The summed E-state index contributed by atoms with van der Waals surface area (Å²) in [5, 5.41) is 3.53. The van der Waals surface area contributed by atoms with Gasteiger partial charge in [0.2, 0.25) is 5.91 Å². The zero-order valence-electron chi connectivity index (χ0n) is 8.98. The molecule has 1 aliphatic heterocycles. The van der Waals surface area contributed by atoms with E-state index >= 15 is 0 Å². The molecule has 1 N–H and O–H groups in total. The molecule has 0 bridgehead atoms. The Morgan fingerprint density at radius 1 is 1.06 bits per heavy atom. The van der Waals surface area contributed by atoms with E-state index in [-0.39, 0.29) is 11.8 Å². The van der Waals surface area contributed by atoms with Crippen LogP contribution in [0, 0.1) is 0 Å². The molecule has 84 valence electrons. The molecule has 3 rings (SSSR count). The van der Waals surface area contributed by atoms with Crippen LogP contribution in [0.25, 0.3) is 0 Å². The maximum Gasteiger partial charge on any atom is 0.236 e. The normalized spacial score (nSPS) is 17.7. The molecule has 2 nitrogen and oxygen atoms in total. The van der Waals surface area contributed by atoms with E-state index < -0.39 is 0 Å². The first-order valence-electron chi connectivity index (χ1n) is 5.41. The first-order chi connectivity index (χ1) is 8.25. The molecule has 1 atom stereocenters. The van der Waals surface area contributed by atoms with Gasteiger partial charge in [0.05, 0.1) is 5.92 Å². The largest absolute Gasteiger partial charge is 0.325 e. The van der Waals surface area contributed by atoms with Crippen molar-refractivity contribution in [1.82, 2.24) is 0 Å². The first kappa shape index (κ1) is 10.4. The van der Waals surface area contributed by atoms with E-state index in [0.717, 1.165) is 16.8 Å². The summed E-state index contributed by atoms with van der Waals surface area (Å²) in [5.41, 5.74) is 2.80. The van der Waals surface area contributed by atoms with E-state index in [1.54, 1.807) is 6.07 Å². The molecule has 0 aliphatic carbocycles. The van der Waals surface area contributed by atoms with Gasteiger partial charge < -0.3 is 5.32 Å². The quantitative estimate of drug-likeness (QED) is 0.817. The summed E-state index contributed by atoms with van der Waals surface area (Å²) in [6.45, 7) is 0. The molecule has 0 saturated heterocycles. The van der Waals surface area contributed by atoms with Crippen LogP contribution in [0.4, 0.5) is 5.69 Å². The molecule has 17 heavy (non-hydrogen) atoms. The number of halogens is 1. The van der Waals surface area contributed by atoms with Crippen molar-refractivity contribution < 1.29 is 4.79 Å². The Bertz CT molecular complexity index is 580. The van der Waals surface area contributed by atoms with Gasteiger partial charge in [0.1, 0.15) is 0 Å². The van der Waals surface area contributed by atoms with Gasteiger partial charge in [0.15, 0.2) is 0 Å². The summed E-state index contributed by atoms with van der Waals surface area (Å²) in [6, 6.07) is 15.2. The Balaban J connectivity index is 2.14. The Morgan fingerprint density at radius 3 is 2.59 bits per heavy atom. The van der Waals surface area contributed by atoms with Crippen LogP contribution in [0.5, 0.6) is 0 Å². The predicted octanol–water partition coefficient (Wildman–Crippen LogP) is 3.42. The van der Waals surface area contributed by atoms with Crippen molar-refractivity contribution in [2.24, 2.45) is 0 Å². The van der Waals surface area contributed by atoms with Crippen molar-refractivity contribution in [3.63, 3.8) is 0 Å². The molecule has 0 spiro atoms. The van der Waals surface area contributed by atoms with Crippen molar-refractivity contribution in [3.8, 4) is 0 Å². The molecule has 0 unspecified atom stereocenters. The summed E-state index contributed by atoms with van der Waals surface area (Å²) in [7, 11) is 0. The monoisotopic (exact) mass is 243 g/mol. The average molecular weight is 244 g/mol. The highest BCUT2D eigenvalue weighted by Gasteiger charge is 2.31. The van der Waals surface area contributed by atoms with Gasteiger partial charge in [-0.05, 0) is 29.3 Å². The molecule has 0 fully saturated rings. The van der Waals surface area contributed by atoms with Crippen LogP contribution in [0.3, 0.4) is 0 Å². The third-order valence-corrected chi connectivity index (χ3v) is 3.21. The fourth-order valence-electron chi connectivity index (χ4n) is 2.21. The molecular weight excluding hydrogens is 234 g/mol. The van der Waals surface area contributed by atoms with Gasteiger partial charge in [-0.15, -0.1) is 0 Å². The summed E-state index contributed by atoms with van der Waals surface area (Å²) < 4.78 is 0. The van der Waals surface area contributed by atoms with Crippen LogP contribution in [0.1, 0.15) is 17.0 Å². The fourth-order valence-corrected chi connectivity index (χ4v) is 2.39. The van der Waals surface area contributed by atoms with Crippen LogP contribution in [-0.4, -0.2) is 5.91 Å². The minimum Gasteiger partial charge on any atom is -0.325 e. The lowest BCUT2D eigenvalue weighted by Gasteiger charge is -2.08. The lowest BCUT2D eigenvalue weighted by atomic mass is 9.93. The van der Waals surface area contributed by atoms with Crippen molar-refractivity contribution in [2.45, 2.75) is 5.92 Å². The topological polar surface area (TPSA) is 29.1 Å². The lowest BCUT2D eigenvalue weighted by molar-refractivity contribution is -0.116. The second-order valence-electron chi connectivity index (χ2n) is 4.06. The molecule has 3 heteroatoms. The maximum atomic E-state index is 12.0. The van der Waals surface area contributed by atoms with Crippen LogP contribution >= 0.6 is 11.6 Å². The number of fused-ring (bicyclic) bond motifs is 1. The Morgan fingerprint density at radius 2 is 1.82 bits per heavy atom. The second-order valence-corrected chi connectivity index (χ2v) is 4.50. The third-order valence-electron chi connectivity index (χ3n) is 2.98. The first-order valence-corrected chi connectivity index (χ1v) is 5.79. The van der Waals surface area contributed by atoms with Crippen molar-refractivity contribution in [3.05, 3.63) is 64.7 Å². The molecule has 2 aromatic carbocycles. The van der Waals surface area contributed by atoms with Gasteiger partial charge in [0.25, 0.3) is 0 Å². The van der Waals surface area contributed by atoms with E-state index in [1.807, 2.05) is 42.5 Å². The van der Waals surface area contributed by atoms with Crippen molar-refractivity contribution in [1.29, 1.82) is 0 Å². The highest BCUT2D eigenvalue weighted by atomic mass is 35.5. The zero-order valence-corrected chi connectivity index (χ0v) is 9.74. The summed E-state index contributed by atoms with van der Waals surface area (Å²) in [5.74, 6) is -0.238. The number of benzene rings is 2. The Hall–Kier alpha value is -1.80. The molecule has 2 aromatic rings. The molecule has 0 aromatic heterocycles. The second kappa shape index (κ2) is 3.90. The van der Waals surface area contributed by atoms with E-state index in [0.29, 0.717) is 5.02 Å². The van der Waals surface area contributed by atoms with Crippen LogP contribution in [0.2, 0.25) is 5.02 Å². The molecule has 0 radical (unpaired) electrons. The third kappa shape index (κ3) is 1.71. The van der Waals surface area contributed by atoms with E-state index in [2.05, 4.69) is 5.32 Å². The van der Waals surface area contributed by atoms with Gasteiger partial charge in [-0.2, -0.15) is 0 Å². The van der Waals surface area contributed by atoms with Crippen molar-refractivity contribution in [2.75, 3.05) is 5.32 Å². The van der Waals surface area contributed by atoms with Gasteiger partial charge in [-0.3, -0.25) is 4.79 Å². The molecule has 0 saturated carbocycles. The summed E-state index contributed by atoms with van der Waals surface area (Å²) >= 11 is 5.98. The number of carbonyl (C=O) groups excluding carboxylic acids is 1. The number of hydrogen-bond acceptors (Lipinski definition) is 1. The minimum atomic E-state index is -0.245. The lowest BCUT2D eigenvalue weighted by Crippen LogP contribution is -2.12. The smallest absolute Gasteiger partial charge is 0.236 e. The van der Waals surface area contributed by atoms with Gasteiger partial charge in [-0.1, -0.05) is 41.9 Å². The van der Waals surface area contributed by atoms with Crippen molar-refractivity contribution >= 4 is 23.2 Å². The average Bonchev–Trinajstić information content (AvgIpc) is 2.65. The molecule has 1 aliphatic rings. The highest BCUT2D eigenvalue weighted by molar-refractivity contribution is 6.31. The predicted molar refractivity (Wildman–Crippen MR) is 68.4 cm³/mol. The number of hydrogen-bond donors (Lipinski definition) is 1. The van der Waals surface area contributed by atoms with Crippen LogP contribution in [0.15, 0.2) is 48.5 Å². The molecular formula is C14H10ClNO. The molecule has 1 amide bonds. The zero-order chi connectivity index (χ0) is 11.8.